The minimum atomic E-state index is 0.0327. The number of hydrogen-bond acceptors (Lipinski definition) is 5. The molecule has 1 aliphatic heterocycles. The number of hydrogen-bond donors (Lipinski definition) is 0. The molecule has 1 aliphatic rings. The summed E-state index contributed by atoms with van der Waals surface area (Å²) < 4.78 is 7.77. The molecule has 0 bridgehead atoms. The number of nitrogens with zero attached hydrogens (tertiary/aromatic N) is 5. The maximum atomic E-state index is 5.93. The summed E-state index contributed by atoms with van der Waals surface area (Å²) in [6, 6.07) is 6.10. The van der Waals surface area contributed by atoms with Gasteiger partial charge in [0.2, 0.25) is 0 Å². The highest BCUT2D eigenvalue weighted by Crippen LogP contribution is 2.23. The van der Waals surface area contributed by atoms with Gasteiger partial charge in [0.15, 0.2) is 0 Å². The van der Waals surface area contributed by atoms with E-state index in [-0.39, 0.29) is 6.10 Å². The first-order chi connectivity index (χ1) is 10.6. The lowest BCUT2D eigenvalue weighted by atomic mass is 10.1. The van der Waals surface area contributed by atoms with Crippen molar-refractivity contribution in [2.75, 3.05) is 38.7 Å². The van der Waals surface area contributed by atoms with Crippen molar-refractivity contribution in [2.24, 2.45) is 7.05 Å². The van der Waals surface area contributed by atoms with Gasteiger partial charge in [-0.25, -0.2) is 4.98 Å². The van der Waals surface area contributed by atoms with Gasteiger partial charge >= 0.3 is 0 Å². The second kappa shape index (κ2) is 6.46. The monoisotopic (exact) mass is 301 g/mol. The predicted molar refractivity (Wildman–Crippen MR) is 85.7 cm³/mol. The van der Waals surface area contributed by atoms with E-state index in [0.29, 0.717) is 0 Å². The van der Waals surface area contributed by atoms with Crippen molar-refractivity contribution >= 4 is 5.82 Å². The maximum Gasteiger partial charge on any atom is 0.128 e. The highest BCUT2D eigenvalue weighted by molar-refractivity contribution is 5.37. The largest absolute Gasteiger partial charge is 0.369 e. The molecular formula is C16H23N5O. The number of pyridine rings is 1. The number of aryl methyl sites for hydroxylation is 1. The molecule has 1 fully saturated rings. The Hall–Kier alpha value is -1.92. The molecule has 0 aromatic carbocycles. The summed E-state index contributed by atoms with van der Waals surface area (Å²) in [6.45, 7) is 3.44. The number of rotatable bonds is 4. The van der Waals surface area contributed by atoms with E-state index in [4.69, 9.17) is 9.72 Å². The summed E-state index contributed by atoms with van der Waals surface area (Å²) in [5, 5.41) is 4.23. The van der Waals surface area contributed by atoms with Crippen molar-refractivity contribution in [3.8, 4) is 0 Å². The van der Waals surface area contributed by atoms with E-state index in [1.165, 1.54) is 5.56 Å². The third-order valence-corrected chi connectivity index (χ3v) is 3.86. The van der Waals surface area contributed by atoms with Crippen molar-refractivity contribution in [2.45, 2.75) is 12.6 Å². The zero-order valence-corrected chi connectivity index (χ0v) is 13.4. The van der Waals surface area contributed by atoms with Crippen LogP contribution in [0.1, 0.15) is 17.4 Å². The predicted octanol–water partition coefficient (Wildman–Crippen LogP) is 1.45. The maximum absolute atomic E-state index is 5.93. The van der Waals surface area contributed by atoms with Gasteiger partial charge in [-0.2, -0.15) is 5.10 Å². The fourth-order valence-corrected chi connectivity index (χ4v) is 2.70. The second-order valence-corrected chi connectivity index (χ2v) is 5.93. The molecule has 118 valence electrons. The number of morpholine rings is 1. The number of anilines is 1. The van der Waals surface area contributed by atoms with Crippen LogP contribution in [0, 0.1) is 0 Å². The normalized spacial score (nSPS) is 19.3. The standard InChI is InChI=1S/C16H23N5O/c1-19(2)16-6-4-5-14(18-16)15-12-21(7-8-22-15)11-13-9-17-20(3)10-13/h4-6,9-10,15H,7-8,11-12H2,1-3H3/t15-/m0/s1. The molecule has 0 spiro atoms. The van der Waals surface area contributed by atoms with Crippen LogP contribution < -0.4 is 4.90 Å². The third kappa shape index (κ3) is 3.45. The number of ether oxygens (including phenoxy) is 1. The van der Waals surface area contributed by atoms with Gasteiger partial charge in [-0.1, -0.05) is 6.07 Å². The van der Waals surface area contributed by atoms with Crippen LogP contribution in [0.5, 0.6) is 0 Å². The Bertz CT molecular complexity index is 625. The molecule has 0 saturated carbocycles. The molecule has 0 radical (unpaired) electrons. The van der Waals surface area contributed by atoms with Crippen LogP contribution in [-0.4, -0.2) is 53.5 Å². The van der Waals surface area contributed by atoms with Gasteiger partial charge in [0.05, 0.1) is 18.5 Å². The average molecular weight is 301 g/mol. The summed E-state index contributed by atoms with van der Waals surface area (Å²) in [5.74, 6) is 0.963. The van der Waals surface area contributed by atoms with E-state index < -0.39 is 0 Å². The summed E-state index contributed by atoms with van der Waals surface area (Å²) in [5.41, 5.74) is 2.24. The lowest BCUT2D eigenvalue weighted by molar-refractivity contribution is -0.0349. The van der Waals surface area contributed by atoms with Crippen LogP contribution in [0.3, 0.4) is 0 Å². The van der Waals surface area contributed by atoms with E-state index in [2.05, 4.69) is 16.2 Å². The fourth-order valence-electron chi connectivity index (χ4n) is 2.70. The molecule has 3 heterocycles. The average Bonchev–Trinajstić information content (AvgIpc) is 2.93. The van der Waals surface area contributed by atoms with Crippen LogP contribution in [0.25, 0.3) is 0 Å². The van der Waals surface area contributed by atoms with E-state index in [1.807, 2.05) is 55.1 Å². The van der Waals surface area contributed by atoms with Crippen LogP contribution >= 0.6 is 0 Å². The third-order valence-electron chi connectivity index (χ3n) is 3.86. The van der Waals surface area contributed by atoms with Gasteiger partial charge in [0, 0.05) is 52.5 Å². The lowest BCUT2D eigenvalue weighted by Gasteiger charge is -2.32. The molecule has 0 unspecified atom stereocenters. The molecule has 6 nitrogen and oxygen atoms in total. The first-order valence-electron chi connectivity index (χ1n) is 7.57. The van der Waals surface area contributed by atoms with Gasteiger partial charge < -0.3 is 9.64 Å². The summed E-state index contributed by atoms with van der Waals surface area (Å²) in [6.07, 6.45) is 4.02. The highest BCUT2D eigenvalue weighted by atomic mass is 16.5. The Labute approximate surface area is 131 Å². The van der Waals surface area contributed by atoms with Crippen molar-refractivity contribution in [1.82, 2.24) is 19.7 Å². The van der Waals surface area contributed by atoms with Crippen molar-refractivity contribution in [3.05, 3.63) is 41.9 Å². The molecule has 0 amide bonds. The Kier molecular flexibility index (Phi) is 4.40. The summed E-state index contributed by atoms with van der Waals surface area (Å²) >= 11 is 0. The SMILES string of the molecule is CN(C)c1cccc([C@@H]2CN(Cc3cnn(C)c3)CCO2)n1. The van der Waals surface area contributed by atoms with Crippen LogP contribution in [0.2, 0.25) is 0 Å². The molecule has 0 N–H and O–H groups in total. The molecule has 6 heteroatoms. The van der Waals surface area contributed by atoms with Crippen molar-refractivity contribution < 1.29 is 4.74 Å². The van der Waals surface area contributed by atoms with Crippen molar-refractivity contribution in [3.63, 3.8) is 0 Å². The molecule has 1 saturated heterocycles. The van der Waals surface area contributed by atoms with Gasteiger partial charge in [-0.3, -0.25) is 9.58 Å². The van der Waals surface area contributed by atoms with E-state index in [1.54, 1.807) is 0 Å². The Balaban J connectivity index is 1.68. The van der Waals surface area contributed by atoms with Gasteiger partial charge in [-0.15, -0.1) is 0 Å². The van der Waals surface area contributed by atoms with E-state index in [0.717, 1.165) is 37.8 Å². The zero-order valence-electron chi connectivity index (χ0n) is 13.4. The van der Waals surface area contributed by atoms with Crippen LogP contribution in [-0.2, 0) is 18.3 Å². The molecule has 2 aromatic rings. The van der Waals surface area contributed by atoms with E-state index in [9.17, 15) is 0 Å². The second-order valence-electron chi connectivity index (χ2n) is 5.93. The minimum absolute atomic E-state index is 0.0327. The Morgan fingerprint density at radius 3 is 2.95 bits per heavy atom. The summed E-state index contributed by atoms with van der Waals surface area (Å²) in [4.78, 5) is 9.11. The van der Waals surface area contributed by atoms with Crippen molar-refractivity contribution in [1.29, 1.82) is 0 Å². The topological polar surface area (TPSA) is 46.4 Å². The molecule has 2 aromatic heterocycles. The quantitative estimate of drug-likeness (QED) is 0.855. The number of aromatic nitrogens is 3. The minimum Gasteiger partial charge on any atom is -0.369 e. The van der Waals surface area contributed by atoms with E-state index >= 15 is 0 Å². The van der Waals surface area contributed by atoms with Gasteiger partial charge in [0.25, 0.3) is 0 Å². The van der Waals surface area contributed by atoms with Crippen LogP contribution in [0.4, 0.5) is 5.82 Å². The zero-order chi connectivity index (χ0) is 15.5. The lowest BCUT2D eigenvalue weighted by Crippen LogP contribution is -2.38. The molecule has 1 atom stereocenters. The smallest absolute Gasteiger partial charge is 0.128 e. The Morgan fingerprint density at radius 2 is 2.23 bits per heavy atom. The first-order valence-corrected chi connectivity index (χ1v) is 7.57. The Morgan fingerprint density at radius 1 is 1.36 bits per heavy atom. The highest BCUT2D eigenvalue weighted by Gasteiger charge is 2.23. The van der Waals surface area contributed by atoms with Gasteiger partial charge in [-0.05, 0) is 12.1 Å². The molecular weight excluding hydrogens is 278 g/mol. The fraction of sp³-hybridized carbons (Fsp3) is 0.500. The first kappa shape index (κ1) is 15.0. The van der Waals surface area contributed by atoms with Gasteiger partial charge in [0.1, 0.15) is 11.9 Å². The molecule has 22 heavy (non-hydrogen) atoms. The molecule has 3 rings (SSSR count). The summed E-state index contributed by atoms with van der Waals surface area (Å²) in [7, 11) is 5.95. The van der Waals surface area contributed by atoms with Crippen LogP contribution in [0.15, 0.2) is 30.6 Å². The molecule has 0 aliphatic carbocycles.